The highest BCUT2D eigenvalue weighted by molar-refractivity contribution is 5.68. The highest BCUT2D eigenvalue weighted by atomic mass is 16.6. The molecule has 0 radical (unpaired) electrons. The van der Waals surface area contributed by atoms with E-state index in [1.807, 2.05) is 32.7 Å². The normalized spacial score (nSPS) is 22.0. The van der Waals surface area contributed by atoms with Gasteiger partial charge in [-0.15, -0.1) is 0 Å². The van der Waals surface area contributed by atoms with Crippen LogP contribution in [0, 0.1) is 5.92 Å². The van der Waals surface area contributed by atoms with Crippen LogP contribution in [0.4, 0.5) is 4.79 Å². The van der Waals surface area contributed by atoms with Crippen LogP contribution >= 0.6 is 0 Å². The van der Waals surface area contributed by atoms with Gasteiger partial charge in [0.2, 0.25) is 0 Å². The largest absolute Gasteiger partial charge is 0.444 e. The number of hydrogen-bond acceptors (Lipinski definition) is 3. The minimum Gasteiger partial charge on any atom is -0.444 e. The van der Waals surface area contributed by atoms with Crippen LogP contribution in [0.1, 0.15) is 33.6 Å². The number of likely N-dealkylation sites (tertiary alicyclic amines) is 1. The van der Waals surface area contributed by atoms with E-state index in [0.717, 1.165) is 26.1 Å². The first-order chi connectivity index (χ1) is 7.42. The Labute approximate surface area is 98.3 Å². The number of nitrogens with one attached hydrogen (secondary N) is 1. The third kappa shape index (κ3) is 4.39. The Morgan fingerprint density at radius 1 is 1.50 bits per heavy atom. The molecule has 0 bridgehead atoms. The molecule has 94 valence electrons. The first kappa shape index (κ1) is 13.3. The predicted molar refractivity (Wildman–Crippen MR) is 64.5 cm³/mol. The number of carbonyl (C=O) groups is 1. The average molecular weight is 228 g/mol. The molecule has 0 aromatic rings. The zero-order valence-corrected chi connectivity index (χ0v) is 10.9. The molecule has 1 heterocycles. The van der Waals surface area contributed by atoms with Gasteiger partial charge in [0, 0.05) is 13.1 Å². The fourth-order valence-electron chi connectivity index (χ4n) is 2.01. The molecule has 1 N–H and O–H groups in total. The van der Waals surface area contributed by atoms with E-state index in [2.05, 4.69) is 5.32 Å². The van der Waals surface area contributed by atoms with Gasteiger partial charge in [-0.25, -0.2) is 4.79 Å². The Balaban J connectivity index is 2.44. The summed E-state index contributed by atoms with van der Waals surface area (Å²) < 4.78 is 5.37. The molecule has 4 heteroatoms. The van der Waals surface area contributed by atoms with Gasteiger partial charge in [-0.2, -0.15) is 0 Å². The maximum absolute atomic E-state index is 11.8. The van der Waals surface area contributed by atoms with Gasteiger partial charge in [0.1, 0.15) is 5.60 Å². The Bertz CT molecular complexity index is 234. The topological polar surface area (TPSA) is 41.6 Å². The summed E-state index contributed by atoms with van der Waals surface area (Å²) in [6.07, 6.45) is 2.10. The third-order valence-corrected chi connectivity index (χ3v) is 2.66. The number of piperidine rings is 1. The van der Waals surface area contributed by atoms with E-state index >= 15 is 0 Å². The molecule has 0 aromatic carbocycles. The van der Waals surface area contributed by atoms with Crippen molar-refractivity contribution in [1.29, 1.82) is 0 Å². The van der Waals surface area contributed by atoms with Crippen molar-refractivity contribution in [1.82, 2.24) is 10.2 Å². The fraction of sp³-hybridized carbons (Fsp3) is 0.917. The van der Waals surface area contributed by atoms with Gasteiger partial charge >= 0.3 is 6.09 Å². The summed E-state index contributed by atoms with van der Waals surface area (Å²) in [4.78, 5) is 13.7. The molecule has 1 saturated heterocycles. The van der Waals surface area contributed by atoms with Crippen LogP contribution in [-0.4, -0.2) is 43.3 Å². The lowest BCUT2D eigenvalue weighted by Crippen LogP contribution is -2.44. The van der Waals surface area contributed by atoms with Gasteiger partial charge in [0.25, 0.3) is 0 Å². The number of carbonyl (C=O) groups excluding carboxylic acids is 1. The second-order valence-corrected chi connectivity index (χ2v) is 5.49. The molecule has 1 unspecified atom stereocenters. The van der Waals surface area contributed by atoms with Crippen molar-refractivity contribution in [2.75, 3.05) is 26.7 Å². The zero-order valence-electron chi connectivity index (χ0n) is 10.9. The minimum atomic E-state index is -0.396. The van der Waals surface area contributed by atoms with Crippen LogP contribution in [0.3, 0.4) is 0 Å². The van der Waals surface area contributed by atoms with E-state index < -0.39 is 5.60 Å². The monoisotopic (exact) mass is 228 g/mol. The third-order valence-electron chi connectivity index (χ3n) is 2.66. The molecule has 0 saturated carbocycles. The summed E-state index contributed by atoms with van der Waals surface area (Å²) in [5.74, 6) is 0.561. The second kappa shape index (κ2) is 5.53. The summed E-state index contributed by atoms with van der Waals surface area (Å²) in [7, 11) is 1.95. The van der Waals surface area contributed by atoms with Crippen molar-refractivity contribution in [3.05, 3.63) is 0 Å². The van der Waals surface area contributed by atoms with Crippen LogP contribution < -0.4 is 5.32 Å². The first-order valence-corrected chi connectivity index (χ1v) is 6.05. The summed E-state index contributed by atoms with van der Waals surface area (Å²) in [6, 6.07) is 0. The smallest absolute Gasteiger partial charge is 0.410 e. The summed E-state index contributed by atoms with van der Waals surface area (Å²) in [6.45, 7) is 8.32. The Morgan fingerprint density at radius 3 is 2.75 bits per heavy atom. The molecule has 0 aromatic heterocycles. The molecule has 1 amide bonds. The molecule has 16 heavy (non-hydrogen) atoms. The van der Waals surface area contributed by atoms with Crippen LogP contribution in [0.5, 0.6) is 0 Å². The molecule has 0 aliphatic carbocycles. The maximum atomic E-state index is 11.8. The Hall–Kier alpha value is -0.770. The van der Waals surface area contributed by atoms with Crippen molar-refractivity contribution in [2.24, 2.45) is 5.92 Å². The van der Waals surface area contributed by atoms with Gasteiger partial charge < -0.3 is 15.0 Å². The van der Waals surface area contributed by atoms with Crippen molar-refractivity contribution in [2.45, 2.75) is 39.2 Å². The highest BCUT2D eigenvalue weighted by Gasteiger charge is 2.27. The van der Waals surface area contributed by atoms with E-state index in [1.165, 1.54) is 6.42 Å². The van der Waals surface area contributed by atoms with E-state index in [9.17, 15) is 4.79 Å². The van der Waals surface area contributed by atoms with Crippen molar-refractivity contribution in [3.8, 4) is 0 Å². The Kier molecular flexibility index (Phi) is 4.59. The fourth-order valence-corrected chi connectivity index (χ4v) is 2.01. The van der Waals surface area contributed by atoms with Crippen LogP contribution in [0.25, 0.3) is 0 Å². The van der Waals surface area contributed by atoms with Crippen molar-refractivity contribution in [3.63, 3.8) is 0 Å². The van der Waals surface area contributed by atoms with Crippen molar-refractivity contribution < 1.29 is 9.53 Å². The van der Waals surface area contributed by atoms with Gasteiger partial charge in [0.05, 0.1) is 0 Å². The van der Waals surface area contributed by atoms with E-state index in [4.69, 9.17) is 4.74 Å². The van der Waals surface area contributed by atoms with Gasteiger partial charge in [0.15, 0.2) is 0 Å². The summed E-state index contributed by atoms with van der Waals surface area (Å²) in [5.41, 5.74) is -0.396. The SMILES string of the molecule is CNCC1CCCN(C(=O)OC(C)(C)C)C1. The summed E-state index contributed by atoms with van der Waals surface area (Å²) >= 11 is 0. The molecule has 1 fully saturated rings. The molecule has 1 aliphatic heterocycles. The predicted octanol–water partition coefficient (Wildman–Crippen LogP) is 1.85. The van der Waals surface area contributed by atoms with Crippen molar-refractivity contribution >= 4 is 6.09 Å². The average Bonchev–Trinajstić information content (AvgIpc) is 2.16. The second-order valence-electron chi connectivity index (χ2n) is 5.49. The molecule has 4 nitrogen and oxygen atoms in total. The molecule has 1 atom stereocenters. The minimum absolute atomic E-state index is 0.173. The Morgan fingerprint density at radius 2 is 2.19 bits per heavy atom. The number of ether oxygens (including phenoxy) is 1. The quantitative estimate of drug-likeness (QED) is 0.784. The van der Waals surface area contributed by atoms with E-state index in [-0.39, 0.29) is 6.09 Å². The number of hydrogen-bond donors (Lipinski definition) is 1. The van der Waals surface area contributed by atoms with E-state index in [1.54, 1.807) is 0 Å². The lowest BCUT2D eigenvalue weighted by Gasteiger charge is -2.34. The maximum Gasteiger partial charge on any atom is 0.410 e. The molecule has 1 aliphatic rings. The lowest BCUT2D eigenvalue weighted by atomic mass is 9.98. The standard InChI is InChI=1S/C12H24N2O2/c1-12(2,3)16-11(15)14-7-5-6-10(9-14)8-13-4/h10,13H,5-9H2,1-4H3. The lowest BCUT2D eigenvalue weighted by molar-refractivity contribution is 0.0167. The van der Waals surface area contributed by atoms with Crippen LogP contribution in [0.2, 0.25) is 0 Å². The van der Waals surface area contributed by atoms with Crippen LogP contribution in [0.15, 0.2) is 0 Å². The summed E-state index contributed by atoms with van der Waals surface area (Å²) in [5, 5.41) is 3.17. The van der Waals surface area contributed by atoms with Crippen LogP contribution in [-0.2, 0) is 4.74 Å². The van der Waals surface area contributed by atoms with Gasteiger partial charge in [-0.1, -0.05) is 0 Å². The van der Waals surface area contributed by atoms with Gasteiger partial charge in [-0.05, 0) is 53.1 Å². The highest BCUT2D eigenvalue weighted by Crippen LogP contribution is 2.18. The number of rotatable bonds is 2. The zero-order chi connectivity index (χ0) is 12.2. The van der Waals surface area contributed by atoms with Gasteiger partial charge in [-0.3, -0.25) is 0 Å². The first-order valence-electron chi connectivity index (χ1n) is 6.05. The van der Waals surface area contributed by atoms with E-state index in [0.29, 0.717) is 5.92 Å². The molecular weight excluding hydrogens is 204 g/mol. The molecule has 1 rings (SSSR count). The molecule has 0 spiro atoms. The molecular formula is C12H24N2O2. The number of amides is 1. The number of nitrogens with zero attached hydrogens (tertiary/aromatic N) is 1.